The number of halogens is 2. The molecule has 4 nitrogen and oxygen atoms in total. The van der Waals surface area contributed by atoms with E-state index in [2.05, 4.69) is 26.1 Å². The number of aromatic nitrogens is 2. The molecule has 0 unspecified atom stereocenters. The SMILES string of the molecule is O=C(O)c1c(Br)cc(Cl)c2[nH]ncc12. The number of rotatable bonds is 1. The fourth-order valence-electron chi connectivity index (χ4n) is 1.26. The fraction of sp³-hybridized carbons (Fsp3) is 0. The molecule has 0 spiro atoms. The van der Waals surface area contributed by atoms with Gasteiger partial charge in [-0.3, -0.25) is 5.10 Å². The Balaban J connectivity index is 2.93. The molecule has 2 aromatic rings. The molecule has 1 aromatic heterocycles. The number of carboxylic acids is 1. The first kappa shape index (κ1) is 9.48. The second-order valence-electron chi connectivity index (χ2n) is 2.68. The molecule has 0 radical (unpaired) electrons. The molecule has 0 atom stereocenters. The van der Waals surface area contributed by atoms with Gasteiger partial charge in [-0.25, -0.2) is 4.79 Å². The molecule has 0 amide bonds. The molecule has 0 aliphatic rings. The predicted octanol–water partition coefficient (Wildman–Crippen LogP) is 2.68. The Kier molecular flexibility index (Phi) is 2.20. The van der Waals surface area contributed by atoms with E-state index >= 15 is 0 Å². The molecule has 0 bridgehead atoms. The van der Waals surface area contributed by atoms with Crippen LogP contribution in [0.3, 0.4) is 0 Å². The number of benzene rings is 1. The second kappa shape index (κ2) is 3.25. The quantitative estimate of drug-likeness (QED) is 0.841. The Bertz CT molecular complexity index is 523. The zero-order valence-corrected chi connectivity index (χ0v) is 9.06. The number of hydrogen-bond acceptors (Lipinski definition) is 2. The Morgan fingerprint density at radius 1 is 1.64 bits per heavy atom. The smallest absolute Gasteiger partial charge is 0.337 e. The summed E-state index contributed by atoms with van der Waals surface area (Å²) in [5, 5.41) is 16.3. The fourth-order valence-corrected chi connectivity index (χ4v) is 2.26. The maximum absolute atomic E-state index is 10.9. The molecule has 72 valence electrons. The standard InChI is InChI=1S/C8H4BrClN2O2/c9-4-1-5(10)7-3(2-11-12-7)6(4)8(13)14/h1-2H,(H,11,12)(H,13,14). The second-order valence-corrected chi connectivity index (χ2v) is 3.94. The van der Waals surface area contributed by atoms with Crippen LogP contribution in [0.4, 0.5) is 0 Å². The Hall–Kier alpha value is -1.07. The normalized spacial score (nSPS) is 10.7. The third-order valence-corrected chi connectivity index (χ3v) is 2.78. The van der Waals surface area contributed by atoms with Crippen LogP contribution >= 0.6 is 27.5 Å². The third kappa shape index (κ3) is 1.29. The average Bonchev–Trinajstić information content (AvgIpc) is 2.51. The lowest BCUT2D eigenvalue weighted by molar-refractivity contribution is 0.0698. The van der Waals surface area contributed by atoms with Crippen LogP contribution in [0.1, 0.15) is 10.4 Å². The average molecular weight is 275 g/mol. The molecule has 0 aliphatic heterocycles. The van der Waals surface area contributed by atoms with E-state index in [0.29, 0.717) is 20.4 Å². The van der Waals surface area contributed by atoms with Crippen LogP contribution in [0.5, 0.6) is 0 Å². The van der Waals surface area contributed by atoms with Crippen molar-refractivity contribution in [3.63, 3.8) is 0 Å². The first-order valence-electron chi connectivity index (χ1n) is 3.65. The summed E-state index contributed by atoms with van der Waals surface area (Å²) in [4.78, 5) is 10.9. The number of nitrogens with one attached hydrogen (secondary N) is 1. The lowest BCUT2D eigenvalue weighted by Gasteiger charge is -2.01. The minimum atomic E-state index is -1.01. The highest BCUT2D eigenvalue weighted by Crippen LogP contribution is 2.31. The van der Waals surface area contributed by atoms with Crippen molar-refractivity contribution in [3.05, 3.63) is 27.3 Å². The van der Waals surface area contributed by atoms with Crippen LogP contribution in [0, 0.1) is 0 Å². The molecule has 14 heavy (non-hydrogen) atoms. The van der Waals surface area contributed by atoms with Gasteiger partial charge in [0.2, 0.25) is 0 Å². The number of carbonyl (C=O) groups is 1. The highest BCUT2D eigenvalue weighted by molar-refractivity contribution is 9.10. The lowest BCUT2D eigenvalue weighted by atomic mass is 10.1. The van der Waals surface area contributed by atoms with E-state index in [1.807, 2.05) is 0 Å². The summed E-state index contributed by atoms with van der Waals surface area (Å²) in [6, 6.07) is 1.53. The van der Waals surface area contributed by atoms with E-state index in [0.717, 1.165) is 0 Å². The molecule has 6 heteroatoms. The Labute approximate surface area is 92.0 Å². The van der Waals surface area contributed by atoms with Gasteiger partial charge < -0.3 is 5.11 Å². The van der Waals surface area contributed by atoms with Crippen molar-refractivity contribution in [1.82, 2.24) is 10.2 Å². The maximum Gasteiger partial charge on any atom is 0.337 e. The van der Waals surface area contributed by atoms with Gasteiger partial charge >= 0.3 is 5.97 Å². The molecular weight excluding hydrogens is 271 g/mol. The minimum absolute atomic E-state index is 0.165. The first-order chi connectivity index (χ1) is 6.61. The maximum atomic E-state index is 10.9. The van der Waals surface area contributed by atoms with Crippen LogP contribution in [0.25, 0.3) is 10.9 Å². The van der Waals surface area contributed by atoms with E-state index in [-0.39, 0.29) is 5.56 Å². The number of hydrogen-bond donors (Lipinski definition) is 2. The third-order valence-electron chi connectivity index (χ3n) is 1.85. The molecule has 2 N–H and O–H groups in total. The van der Waals surface area contributed by atoms with E-state index in [4.69, 9.17) is 16.7 Å². The van der Waals surface area contributed by atoms with Crippen molar-refractivity contribution in [1.29, 1.82) is 0 Å². The summed E-state index contributed by atoms with van der Waals surface area (Å²) in [5.74, 6) is -1.01. The van der Waals surface area contributed by atoms with Gasteiger partial charge in [0.1, 0.15) is 0 Å². The molecule has 0 aliphatic carbocycles. The summed E-state index contributed by atoms with van der Waals surface area (Å²) in [6.45, 7) is 0. The topological polar surface area (TPSA) is 66.0 Å². The molecule has 2 rings (SSSR count). The lowest BCUT2D eigenvalue weighted by Crippen LogP contribution is -1.98. The Morgan fingerprint density at radius 3 is 3.00 bits per heavy atom. The number of carboxylic acid groups (broad SMARTS) is 1. The van der Waals surface area contributed by atoms with Gasteiger partial charge in [0, 0.05) is 9.86 Å². The van der Waals surface area contributed by atoms with Gasteiger partial charge in [0.15, 0.2) is 0 Å². The summed E-state index contributed by atoms with van der Waals surface area (Å²) < 4.78 is 0.448. The van der Waals surface area contributed by atoms with Crippen LogP contribution in [-0.2, 0) is 0 Å². The predicted molar refractivity (Wildman–Crippen MR) is 55.8 cm³/mol. The minimum Gasteiger partial charge on any atom is -0.478 e. The summed E-state index contributed by atoms with van der Waals surface area (Å²) in [5.41, 5.74) is 0.699. The van der Waals surface area contributed by atoms with Crippen molar-refractivity contribution in [2.75, 3.05) is 0 Å². The van der Waals surface area contributed by atoms with Gasteiger partial charge in [-0.2, -0.15) is 5.10 Å². The van der Waals surface area contributed by atoms with Gasteiger partial charge in [0.25, 0.3) is 0 Å². The highest BCUT2D eigenvalue weighted by Gasteiger charge is 2.16. The largest absolute Gasteiger partial charge is 0.478 e. The van der Waals surface area contributed by atoms with Crippen LogP contribution in [0.15, 0.2) is 16.7 Å². The first-order valence-corrected chi connectivity index (χ1v) is 4.82. The van der Waals surface area contributed by atoms with Crippen molar-refractivity contribution in [3.8, 4) is 0 Å². The van der Waals surface area contributed by atoms with Crippen LogP contribution in [-0.4, -0.2) is 21.3 Å². The van der Waals surface area contributed by atoms with Crippen LogP contribution in [0.2, 0.25) is 5.02 Å². The monoisotopic (exact) mass is 274 g/mol. The van der Waals surface area contributed by atoms with E-state index < -0.39 is 5.97 Å². The number of aromatic carboxylic acids is 1. The van der Waals surface area contributed by atoms with Gasteiger partial charge in [-0.05, 0) is 22.0 Å². The van der Waals surface area contributed by atoms with Crippen molar-refractivity contribution < 1.29 is 9.90 Å². The van der Waals surface area contributed by atoms with Gasteiger partial charge in [-0.15, -0.1) is 0 Å². The number of H-pyrrole nitrogens is 1. The van der Waals surface area contributed by atoms with Crippen molar-refractivity contribution >= 4 is 44.4 Å². The molecule has 0 fully saturated rings. The molecule has 1 aromatic carbocycles. The molecule has 1 heterocycles. The van der Waals surface area contributed by atoms with E-state index in [1.54, 1.807) is 0 Å². The number of nitrogens with zero attached hydrogens (tertiary/aromatic N) is 1. The zero-order chi connectivity index (χ0) is 10.3. The molecule has 0 saturated heterocycles. The number of aromatic amines is 1. The number of fused-ring (bicyclic) bond motifs is 1. The van der Waals surface area contributed by atoms with Crippen molar-refractivity contribution in [2.45, 2.75) is 0 Å². The Morgan fingerprint density at radius 2 is 2.36 bits per heavy atom. The summed E-state index contributed by atoms with van der Waals surface area (Å²) in [6.07, 6.45) is 1.44. The highest BCUT2D eigenvalue weighted by atomic mass is 79.9. The van der Waals surface area contributed by atoms with Gasteiger partial charge in [-0.1, -0.05) is 11.6 Å². The molecular formula is C8H4BrClN2O2. The van der Waals surface area contributed by atoms with Gasteiger partial charge in [0.05, 0.1) is 22.3 Å². The van der Waals surface area contributed by atoms with E-state index in [9.17, 15) is 4.79 Å². The van der Waals surface area contributed by atoms with Crippen LogP contribution < -0.4 is 0 Å². The zero-order valence-electron chi connectivity index (χ0n) is 6.71. The summed E-state index contributed by atoms with van der Waals surface area (Å²) in [7, 11) is 0. The van der Waals surface area contributed by atoms with Crippen molar-refractivity contribution in [2.24, 2.45) is 0 Å². The van der Waals surface area contributed by atoms with E-state index in [1.165, 1.54) is 12.3 Å². The molecule has 0 saturated carbocycles. The summed E-state index contributed by atoms with van der Waals surface area (Å²) >= 11 is 9.03.